The van der Waals surface area contributed by atoms with Crippen LogP contribution in [0.25, 0.3) is 0 Å². The molecule has 0 aliphatic heterocycles. The lowest BCUT2D eigenvalue weighted by Crippen LogP contribution is -2.42. The molecule has 28 heavy (non-hydrogen) atoms. The van der Waals surface area contributed by atoms with Crippen molar-refractivity contribution in [2.75, 3.05) is 26.4 Å². The number of ether oxygens (including phenoxy) is 3. The summed E-state index contributed by atoms with van der Waals surface area (Å²) >= 11 is 0. The highest BCUT2D eigenvalue weighted by Crippen LogP contribution is 2.01. The van der Waals surface area contributed by atoms with Crippen molar-refractivity contribution in [2.45, 2.75) is 25.5 Å². The topological polar surface area (TPSA) is 150 Å². The fourth-order valence-electron chi connectivity index (χ4n) is 1.92. The van der Waals surface area contributed by atoms with Crippen LogP contribution >= 0.6 is 0 Å². The minimum Gasteiger partial charge on any atom is -0.445 e. The smallest absolute Gasteiger partial charge is 0.407 e. The largest absolute Gasteiger partial charge is 0.445 e. The Morgan fingerprint density at radius 1 is 0.893 bits per heavy atom. The highest BCUT2D eigenvalue weighted by atomic mass is 16.6. The molecule has 1 aromatic rings. The number of nitrogens with one attached hydrogen (secondary N) is 1. The predicted octanol–water partition coefficient (Wildman–Crippen LogP) is 1.68. The molecule has 0 aliphatic rings. The van der Waals surface area contributed by atoms with Crippen LogP contribution in [0.3, 0.4) is 0 Å². The first kappa shape index (κ1) is 23.0. The van der Waals surface area contributed by atoms with E-state index >= 15 is 0 Å². The van der Waals surface area contributed by atoms with Crippen molar-refractivity contribution in [2.24, 2.45) is 10.4 Å². The number of alkyl carbamates (subject to hydrolysis) is 1. The first-order valence-corrected chi connectivity index (χ1v) is 8.40. The molecule has 0 spiro atoms. The van der Waals surface area contributed by atoms with E-state index in [1.165, 1.54) is 0 Å². The van der Waals surface area contributed by atoms with Crippen LogP contribution in [-0.4, -0.2) is 50.4 Å². The first-order chi connectivity index (χ1) is 13.5. The van der Waals surface area contributed by atoms with E-state index in [0.29, 0.717) is 0 Å². The lowest BCUT2D eigenvalue weighted by Gasteiger charge is -2.18. The van der Waals surface area contributed by atoms with Gasteiger partial charge in [-0.25, -0.2) is 4.79 Å². The summed E-state index contributed by atoms with van der Waals surface area (Å²) in [5.41, 5.74) is 0.807. The summed E-state index contributed by atoms with van der Waals surface area (Å²) in [4.78, 5) is 53.6. The van der Waals surface area contributed by atoms with Gasteiger partial charge in [0.25, 0.3) is 11.8 Å². The first-order valence-electron chi connectivity index (χ1n) is 8.40. The molecule has 0 saturated heterocycles. The van der Waals surface area contributed by atoms with Gasteiger partial charge in [-0.1, -0.05) is 30.3 Å². The zero-order chi connectivity index (χ0) is 20.6. The maximum Gasteiger partial charge on any atom is 0.407 e. The van der Waals surface area contributed by atoms with Crippen molar-refractivity contribution in [1.82, 2.24) is 5.32 Å². The number of nitroso groups, excluding NO2 is 2. The minimum atomic E-state index is -0.845. The van der Waals surface area contributed by atoms with Crippen LogP contribution in [0.15, 0.2) is 40.7 Å². The summed E-state index contributed by atoms with van der Waals surface area (Å²) in [6, 6.07) is 8.41. The molecule has 0 radical (unpaired) electrons. The van der Waals surface area contributed by atoms with Gasteiger partial charge in [0.2, 0.25) is 0 Å². The van der Waals surface area contributed by atoms with E-state index < -0.39 is 23.9 Å². The Kier molecular flexibility index (Phi) is 11.5. The maximum absolute atomic E-state index is 11.9. The van der Waals surface area contributed by atoms with Crippen LogP contribution in [-0.2, 0) is 30.4 Å². The summed E-state index contributed by atoms with van der Waals surface area (Å²) in [5, 5.41) is 7.02. The Morgan fingerprint density at radius 2 is 1.43 bits per heavy atom. The summed E-state index contributed by atoms with van der Waals surface area (Å²) in [6.45, 7) is -0.121. The summed E-state index contributed by atoms with van der Waals surface area (Å²) in [6.07, 6.45) is -1.08. The van der Waals surface area contributed by atoms with E-state index in [-0.39, 0.29) is 45.9 Å². The second-order valence-electron chi connectivity index (χ2n) is 5.52. The number of amides is 3. The van der Waals surface area contributed by atoms with E-state index in [0.717, 1.165) is 5.56 Å². The molecule has 0 atom stereocenters. The third-order valence-electron chi connectivity index (χ3n) is 3.30. The standard InChI is InChI=1S/C17H21N3O8/c21-15(19-24)6-8-26-11-14(12-27-9-7-16(22)20-25)18-17(23)28-10-13-4-2-1-3-5-13/h1-5,14H,6-12H2,(H,18,23). The Morgan fingerprint density at radius 3 is 1.93 bits per heavy atom. The van der Waals surface area contributed by atoms with Crippen molar-refractivity contribution < 1.29 is 28.6 Å². The number of carbonyl (C=O) groups excluding carboxylic acids is 3. The lowest BCUT2D eigenvalue weighted by atomic mass is 10.2. The Labute approximate surface area is 160 Å². The van der Waals surface area contributed by atoms with Crippen molar-refractivity contribution in [3.8, 4) is 0 Å². The Hall–Kier alpha value is -3.05. The molecule has 0 aromatic heterocycles. The van der Waals surface area contributed by atoms with Gasteiger partial charge in [0, 0.05) is 10.4 Å². The second kappa shape index (κ2) is 14.1. The normalized spacial score (nSPS) is 10.3. The van der Waals surface area contributed by atoms with E-state index in [4.69, 9.17) is 14.2 Å². The molecule has 0 fully saturated rings. The quantitative estimate of drug-likeness (QED) is 0.391. The van der Waals surface area contributed by atoms with Gasteiger partial charge in [-0.2, -0.15) is 0 Å². The van der Waals surface area contributed by atoms with Gasteiger partial charge in [0.15, 0.2) is 0 Å². The zero-order valence-corrected chi connectivity index (χ0v) is 15.1. The third-order valence-corrected chi connectivity index (χ3v) is 3.30. The molecule has 0 bridgehead atoms. The van der Waals surface area contributed by atoms with Gasteiger partial charge in [0.05, 0.1) is 45.3 Å². The van der Waals surface area contributed by atoms with Gasteiger partial charge in [-0.15, -0.1) is 9.81 Å². The molecular weight excluding hydrogens is 374 g/mol. The monoisotopic (exact) mass is 395 g/mol. The molecule has 0 heterocycles. The van der Waals surface area contributed by atoms with Gasteiger partial charge < -0.3 is 19.5 Å². The van der Waals surface area contributed by atoms with Crippen LogP contribution in [0.2, 0.25) is 0 Å². The number of hydrogen-bond acceptors (Lipinski definition) is 8. The highest BCUT2D eigenvalue weighted by Gasteiger charge is 2.15. The molecule has 11 heteroatoms. The van der Waals surface area contributed by atoms with E-state index in [1.54, 1.807) is 12.1 Å². The van der Waals surface area contributed by atoms with Crippen LogP contribution in [0.5, 0.6) is 0 Å². The Bertz CT molecular complexity index is 625. The van der Waals surface area contributed by atoms with Crippen molar-refractivity contribution in [1.29, 1.82) is 0 Å². The van der Waals surface area contributed by atoms with Crippen molar-refractivity contribution >= 4 is 17.9 Å². The summed E-state index contributed by atoms with van der Waals surface area (Å²) in [7, 11) is 0. The van der Waals surface area contributed by atoms with Crippen LogP contribution in [0.1, 0.15) is 18.4 Å². The maximum atomic E-state index is 11.9. The van der Waals surface area contributed by atoms with Crippen LogP contribution in [0, 0.1) is 9.81 Å². The number of rotatable bonds is 13. The molecular formula is C17H21N3O8. The lowest BCUT2D eigenvalue weighted by molar-refractivity contribution is -0.119. The second-order valence-corrected chi connectivity index (χ2v) is 5.52. The molecule has 152 valence electrons. The fraction of sp³-hybridized carbons (Fsp3) is 0.471. The fourth-order valence-corrected chi connectivity index (χ4v) is 1.92. The SMILES string of the molecule is O=NC(=O)CCOCC(COCCC(=O)N=O)NC(=O)OCc1ccccc1. The molecule has 11 nitrogen and oxygen atoms in total. The minimum absolute atomic E-state index is 0.0353. The van der Waals surface area contributed by atoms with Crippen molar-refractivity contribution in [3.05, 3.63) is 45.7 Å². The van der Waals surface area contributed by atoms with Crippen molar-refractivity contribution in [3.63, 3.8) is 0 Å². The highest BCUT2D eigenvalue weighted by molar-refractivity contribution is 5.76. The molecule has 0 unspecified atom stereocenters. The van der Waals surface area contributed by atoms with Gasteiger partial charge >= 0.3 is 6.09 Å². The van der Waals surface area contributed by atoms with Crippen LogP contribution < -0.4 is 5.32 Å². The molecule has 0 saturated carbocycles. The molecule has 1 aromatic carbocycles. The summed E-state index contributed by atoms with van der Waals surface area (Å²) < 4.78 is 15.6. The predicted molar refractivity (Wildman–Crippen MR) is 96.0 cm³/mol. The molecule has 3 amide bonds. The Balaban J connectivity index is 2.41. The molecule has 1 N–H and O–H groups in total. The third kappa shape index (κ3) is 10.8. The zero-order valence-electron chi connectivity index (χ0n) is 15.1. The molecule has 1 rings (SSSR count). The number of carbonyl (C=O) groups is 3. The number of nitrogens with zero attached hydrogens (tertiary/aromatic N) is 2. The average Bonchev–Trinajstić information content (AvgIpc) is 2.72. The van der Waals surface area contributed by atoms with E-state index in [2.05, 4.69) is 15.7 Å². The average molecular weight is 395 g/mol. The van der Waals surface area contributed by atoms with Gasteiger partial charge in [-0.05, 0) is 5.56 Å². The van der Waals surface area contributed by atoms with Gasteiger partial charge in [-0.3, -0.25) is 9.59 Å². The molecule has 0 aliphatic carbocycles. The van der Waals surface area contributed by atoms with Gasteiger partial charge in [0.1, 0.15) is 6.61 Å². The summed E-state index contributed by atoms with van der Waals surface area (Å²) in [5.74, 6) is -1.69. The van der Waals surface area contributed by atoms with E-state index in [9.17, 15) is 24.2 Å². The number of benzene rings is 1. The van der Waals surface area contributed by atoms with E-state index in [1.807, 2.05) is 18.2 Å². The number of hydrogen-bond donors (Lipinski definition) is 1. The van der Waals surface area contributed by atoms with Crippen LogP contribution in [0.4, 0.5) is 4.79 Å².